The van der Waals surface area contributed by atoms with E-state index in [0.717, 1.165) is 18.5 Å². The van der Waals surface area contributed by atoms with E-state index in [-0.39, 0.29) is 18.5 Å². The van der Waals surface area contributed by atoms with Crippen molar-refractivity contribution in [3.8, 4) is 11.5 Å². The van der Waals surface area contributed by atoms with Gasteiger partial charge in [-0.15, -0.1) is 0 Å². The predicted octanol–water partition coefficient (Wildman–Crippen LogP) is 3.78. The van der Waals surface area contributed by atoms with Crippen LogP contribution < -0.4 is 19.3 Å². The molecule has 2 aromatic carbocycles. The summed E-state index contributed by atoms with van der Waals surface area (Å²) < 4.78 is 10.7. The third-order valence-corrected chi connectivity index (χ3v) is 5.20. The molecule has 0 bridgehead atoms. The first kappa shape index (κ1) is 21.5. The summed E-state index contributed by atoms with van der Waals surface area (Å²) >= 11 is 0. The second kappa shape index (κ2) is 10.0. The summed E-state index contributed by atoms with van der Waals surface area (Å²) in [5.74, 6) is 1.15. The Morgan fingerprint density at radius 1 is 1.07 bits per heavy atom. The first-order valence-corrected chi connectivity index (χ1v) is 10.2. The molecule has 0 spiro atoms. The van der Waals surface area contributed by atoms with E-state index < -0.39 is 0 Å². The second-order valence-electron chi connectivity index (χ2n) is 7.13. The highest BCUT2D eigenvalue weighted by molar-refractivity contribution is 6.01. The highest BCUT2D eigenvalue weighted by Crippen LogP contribution is 2.34. The largest absolute Gasteiger partial charge is 0.497 e. The van der Waals surface area contributed by atoms with Crippen molar-refractivity contribution in [2.24, 2.45) is 0 Å². The monoisotopic (exact) mass is 411 g/mol. The van der Waals surface area contributed by atoms with Crippen LogP contribution in [0.1, 0.15) is 19.8 Å². The third kappa shape index (κ3) is 4.67. The molecule has 3 rings (SSSR count). The molecule has 30 heavy (non-hydrogen) atoms. The van der Waals surface area contributed by atoms with Crippen LogP contribution in [0, 0.1) is 0 Å². The maximum Gasteiger partial charge on any atom is 0.325 e. The lowest BCUT2D eigenvalue weighted by atomic mass is 10.2. The molecule has 0 unspecified atom stereocenters. The molecule has 2 aromatic rings. The van der Waals surface area contributed by atoms with Crippen molar-refractivity contribution in [2.75, 3.05) is 50.2 Å². The molecule has 7 heteroatoms. The van der Waals surface area contributed by atoms with Gasteiger partial charge in [-0.1, -0.05) is 31.5 Å². The zero-order valence-electron chi connectivity index (χ0n) is 17.8. The minimum Gasteiger partial charge on any atom is -0.497 e. The summed E-state index contributed by atoms with van der Waals surface area (Å²) in [7, 11) is 3.15. The van der Waals surface area contributed by atoms with Gasteiger partial charge in [0.05, 0.1) is 19.9 Å². The number of amides is 3. The van der Waals surface area contributed by atoms with Crippen molar-refractivity contribution in [2.45, 2.75) is 19.8 Å². The average molecular weight is 412 g/mol. The van der Waals surface area contributed by atoms with Crippen molar-refractivity contribution in [3.63, 3.8) is 0 Å². The fourth-order valence-corrected chi connectivity index (χ4v) is 3.53. The van der Waals surface area contributed by atoms with Crippen LogP contribution in [0.2, 0.25) is 0 Å². The van der Waals surface area contributed by atoms with Gasteiger partial charge in [-0.3, -0.25) is 9.69 Å². The molecule has 0 saturated carbocycles. The van der Waals surface area contributed by atoms with Gasteiger partial charge in [-0.2, -0.15) is 0 Å². The predicted molar refractivity (Wildman–Crippen MR) is 118 cm³/mol. The van der Waals surface area contributed by atoms with Gasteiger partial charge in [0, 0.05) is 31.4 Å². The number of anilines is 2. The lowest BCUT2D eigenvalue weighted by Crippen LogP contribution is -2.42. The van der Waals surface area contributed by atoms with E-state index >= 15 is 0 Å². The van der Waals surface area contributed by atoms with Gasteiger partial charge in [0.2, 0.25) is 5.91 Å². The minimum absolute atomic E-state index is 0.0419. The van der Waals surface area contributed by atoms with Gasteiger partial charge in [-0.05, 0) is 30.7 Å². The van der Waals surface area contributed by atoms with Gasteiger partial charge >= 0.3 is 6.03 Å². The van der Waals surface area contributed by atoms with Crippen LogP contribution in [-0.4, -0.2) is 57.2 Å². The molecule has 1 saturated heterocycles. The number of carbonyl (C=O) groups is 2. The van der Waals surface area contributed by atoms with Crippen LogP contribution in [0.15, 0.2) is 48.5 Å². The van der Waals surface area contributed by atoms with E-state index in [1.54, 1.807) is 47.1 Å². The molecule has 3 amide bonds. The van der Waals surface area contributed by atoms with E-state index in [1.807, 2.05) is 30.3 Å². The van der Waals surface area contributed by atoms with Crippen molar-refractivity contribution in [1.29, 1.82) is 0 Å². The molecular formula is C23H29N3O4. The van der Waals surface area contributed by atoms with E-state index in [0.29, 0.717) is 36.8 Å². The maximum atomic E-state index is 13.1. The van der Waals surface area contributed by atoms with Crippen LogP contribution in [0.3, 0.4) is 0 Å². The molecule has 0 radical (unpaired) electrons. The van der Waals surface area contributed by atoms with E-state index in [9.17, 15) is 9.59 Å². The quantitative estimate of drug-likeness (QED) is 0.630. The molecule has 0 aromatic heterocycles. The summed E-state index contributed by atoms with van der Waals surface area (Å²) in [5, 5.41) is 0. The number of hydrogen-bond donors (Lipinski definition) is 0. The summed E-state index contributed by atoms with van der Waals surface area (Å²) in [5.41, 5.74) is 1.50. The molecular weight excluding hydrogens is 382 g/mol. The first-order valence-electron chi connectivity index (χ1n) is 10.2. The molecule has 1 aliphatic heterocycles. The van der Waals surface area contributed by atoms with Crippen molar-refractivity contribution in [1.82, 2.24) is 4.90 Å². The number of rotatable bonds is 9. The van der Waals surface area contributed by atoms with Crippen LogP contribution >= 0.6 is 0 Å². The lowest BCUT2D eigenvalue weighted by molar-refractivity contribution is -0.119. The Morgan fingerprint density at radius 3 is 2.50 bits per heavy atom. The number of unbranched alkanes of at least 4 members (excludes halogenated alkanes) is 1. The number of carbonyl (C=O) groups excluding carboxylic acids is 2. The number of nitrogens with zero attached hydrogens (tertiary/aromatic N) is 3. The van der Waals surface area contributed by atoms with Gasteiger partial charge in [0.1, 0.15) is 18.0 Å². The Bertz CT molecular complexity index is 872. The maximum absolute atomic E-state index is 13.1. The number of benzene rings is 2. The second-order valence-corrected chi connectivity index (χ2v) is 7.13. The summed E-state index contributed by atoms with van der Waals surface area (Å²) in [4.78, 5) is 31.1. The highest BCUT2D eigenvalue weighted by atomic mass is 16.5. The lowest BCUT2D eigenvalue weighted by Gasteiger charge is -2.26. The SMILES string of the molecule is CCCCN(C(=O)CN1CCN(c2cc(OC)ccc2OC)C1=O)c1ccccc1. The summed E-state index contributed by atoms with van der Waals surface area (Å²) in [6.45, 7) is 3.73. The van der Waals surface area contributed by atoms with Crippen molar-refractivity contribution < 1.29 is 19.1 Å². The first-order chi connectivity index (χ1) is 14.6. The van der Waals surface area contributed by atoms with Crippen molar-refractivity contribution >= 4 is 23.3 Å². The number of methoxy groups -OCH3 is 2. The Balaban J connectivity index is 1.75. The molecule has 0 atom stereocenters. The Kier molecular flexibility index (Phi) is 7.17. The third-order valence-electron chi connectivity index (χ3n) is 5.20. The van der Waals surface area contributed by atoms with Crippen LogP contribution in [0.25, 0.3) is 0 Å². The van der Waals surface area contributed by atoms with Crippen LogP contribution in [0.4, 0.5) is 16.2 Å². The van der Waals surface area contributed by atoms with E-state index in [2.05, 4.69) is 6.92 Å². The molecule has 160 valence electrons. The standard InChI is InChI=1S/C23H29N3O4/c1-4-5-13-25(18-9-7-6-8-10-18)22(27)17-24-14-15-26(23(24)28)20-16-19(29-2)11-12-21(20)30-3/h6-12,16H,4-5,13-15,17H2,1-3H3. The van der Waals surface area contributed by atoms with Gasteiger partial charge in [0.25, 0.3) is 0 Å². The summed E-state index contributed by atoms with van der Waals surface area (Å²) in [6, 6.07) is 14.7. The van der Waals surface area contributed by atoms with Gasteiger partial charge in [-0.25, -0.2) is 4.79 Å². The molecule has 0 N–H and O–H groups in total. The Hall–Kier alpha value is -3.22. The topological polar surface area (TPSA) is 62.3 Å². The molecule has 0 aliphatic carbocycles. The molecule has 1 aliphatic rings. The Morgan fingerprint density at radius 2 is 1.83 bits per heavy atom. The summed E-state index contributed by atoms with van der Waals surface area (Å²) in [6.07, 6.45) is 1.89. The number of urea groups is 1. The Labute approximate surface area is 177 Å². The number of ether oxygens (including phenoxy) is 2. The fraction of sp³-hybridized carbons (Fsp3) is 0.391. The smallest absolute Gasteiger partial charge is 0.325 e. The van der Waals surface area contributed by atoms with E-state index in [4.69, 9.17) is 9.47 Å². The van der Waals surface area contributed by atoms with Gasteiger partial charge < -0.3 is 19.3 Å². The van der Waals surface area contributed by atoms with Crippen LogP contribution in [0.5, 0.6) is 11.5 Å². The normalized spacial score (nSPS) is 13.5. The van der Waals surface area contributed by atoms with E-state index in [1.165, 1.54) is 0 Å². The van der Waals surface area contributed by atoms with Crippen molar-refractivity contribution in [3.05, 3.63) is 48.5 Å². The van der Waals surface area contributed by atoms with Gasteiger partial charge in [0.15, 0.2) is 0 Å². The molecule has 1 heterocycles. The number of hydrogen-bond acceptors (Lipinski definition) is 4. The zero-order chi connectivity index (χ0) is 21.5. The minimum atomic E-state index is -0.210. The fourth-order valence-electron chi connectivity index (χ4n) is 3.53. The average Bonchev–Trinajstić information content (AvgIpc) is 3.14. The number of para-hydroxylation sites is 1. The van der Waals surface area contributed by atoms with Crippen LogP contribution in [-0.2, 0) is 4.79 Å². The zero-order valence-corrected chi connectivity index (χ0v) is 17.8. The molecule has 7 nitrogen and oxygen atoms in total. The highest BCUT2D eigenvalue weighted by Gasteiger charge is 2.33. The molecule has 1 fully saturated rings.